The fourth-order valence-corrected chi connectivity index (χ4v) is 10.1. The Morgan fingerprint density at radius 3 is 2.45 bits per heavy atom. The van der Waals surface area contributed by atoms with Crippen LogP contribution in [0.1, 0.15) is 106 Å². The highest BCUT2D eigenvalue weighted by Gasteiger charge is 2.63. The van der Waals surface area contributed by atoms with Crippen molar-refractivity contribution in [2.24, 2.45) is 46.3 Å². The first-order valence-electron chi connectivity index (χ1n) is 15.4. The van der Waals surface area contributed by atoms with Gasteiger partial charge in [-0.3, -0.25) is 9.59 Å². The lowest BCUT2D eigenvalue weighted by molar-refractivity contribution is -0.169. The monoisotopic (exact) mass is 553 g/mol. The molecule has 40 heavy (non-hydrogen) atoms. The summed E-state index contributed by atoms with van der Waals surface area (Å²) in [5.74, 6) is 1.33. The molecule has 0 saturated heterocycles. The van der Waals surface area contributed by atoms with Gasteiger partial charge in [-0.05, 0) is 116 Å². The van der Waals surface area contributed by atoms with Crippen LogP contribution in [0.4, 0.5) is 0 Å². The molecule has 1 amide bonds. The summed E-state index contributed by atoms with van der Waals surface area (Å²) < 4.78 is 4.88. The number of fused-ring (bicyclic) bond motifs is 5. The molecule has 0 bridgehead atoms. The summed E-state index contributed by atoms with van der Waals surface area (Å²) in [7, 11) is 1.45. The number of aliphatic hydroxyl groups is 1. The van der Waals surface area contributed by atoms with E-state index >= 15 is 0 Å². The van der Waals surface area contributed by atoms with Crippen molar-refractivity contribution in [1.82, 2.24) is 5.32 Å². The zero-order valence-electron chi connectivity index (χ0n) is 24.5. The minimum absolute atomic E-state index is 0.0364. The molecule has 7 nitrogen and oxygen atoms in total. The first-order chi connectivity index (χ1) is 19.0. The van der Waals surface area contributed by atoms with Gasteiger partial charge in [-0.15, -0.1) is 0 Å². The summed E-state index contributed by atoms with van der Waals surface area (Å²) in [6.07, 6.45) is 9.14. The number of carboxylic acid groups (broad SMARTS) is 1. The summed E-state index contributed by atoms with van der Waals surface area (Å²) in [5, 5.41) is 24.5. The Hall–Kier alpha value is -2.41. The molecular weight excluding hydrogens is 506 g/mol. The fourth-order valence-electron chi connectivity index (χ4n) is 10.1. The van der Waals surface area contributed by atoms with Crippen molar-refractivity contribution in [1.29, 1.82) is 0 Å². The Labute approximate surface area is 238 Å². The van der Waals surface area contributed by atoms with Crippen LogP contribution in [0.5, 0.6) is 0 Å². The van der Waals surface area contributed by atoms with Gasteiger partial charge in [-0.2, -0.15) is 0 Å². The van der Waals surface area contributed by atoms with E-state index in [1.807, 2.05) is 0 Å². The maximum atomic E-state index is 13.1. The molecule has 10 atom stereocenters. The number of ether oxygens (including phenoxy) is 1. The van der Waals surface area contributed by atoms with Crippen molar-refractivity contribution in [3.05, 3.63) is 35.4 Å². The molecule has 7 heteroatoms. The van der Waals surface area contributed by atoms with Crippen molar-refractivity contribution in [3.63, 3.8) is 0 Å². The Balaban J connectivity index is 1.27. The molecule has 3 N–H and O–H groups in total. The summed E-state index contributed by atoms with van der Waals surface area (Å²) >= 11 is 0. The second kappa shape index (κ2) is 11.1. The SMILES string of the molecule is COC(=O)CCC(C)[C@H]1CCC2C3CC[C@@H]4C[C@@H](NC(=O)c5ccccc5C(=O)O)CC[C@]4(C)C3C[C@H](O)[C@@]21C. The van der Waals surface area contributed by atoms with Gasteiger partial charge in [0.2, 0.25) is 0 Å². The van der Waals surface area contributed by atoms with Gasteiger partial charge in [0.25, 0.3) is 5.91 Å². The molecule has 5 rings (SSSR count). The average molecular weight is 554 g/mol. The second-order valence-electron chi connectivity index (χ2n) is 13.8. The number of hydrogen-bond acceptors (Lipinski definition) is 5. The van der Waals surface area contributed by atoms with E-state index in [-0.39, 0.29) is 46.0 Å². The lowest BCUT2D eigenvalue weighted by atomic mass is 9.43. The number of amides is 1. The molecule has 0 spiro atoms. The van der Waals surface area contributed by atoms with Gasteiger partial charge in [-0.25, -0.2) is 4.79 Å². The summed E-state index contributed by atoms with van der Waals surface area (Å²) in [5.41, 5.74) is 0.288. The van der Waals surface area contributed by atoms with E-state index in [4.69, 9.17) is 4.74 Å². The predicted molar refractivity (Wildman–Crippen MR) is 152 cm³/mol. The minimum atomic E-state index is -1.09. The number of nitrogens with one attached hydrogen (secondary N) is 1. The highest BCUT2D eigenvalue weighted by molar-refractivity contribution is 6.04. The van der Waals surface area contributed by atoms with Crippen LogP contribution in [0.2, 0.25) is 0 Å². The van der Waals surface area contributed by atoms with Crippen molar-refractivity contribution in [2.75, 3.05) is 7.11 Å². The Morgan fingerprint density at radius 2 is 1.75 bits per heavy atom. The number of esters is 1. The largest absolute Gasteiger partial charge is 0.478 e. The van der Waals surface area contributed by atoms with E-state index in [0.717, 1.165) is 51.4 Å². The van der Waals surface area contributed by atoms with Crippen LogP contribution in [0, 0.1) is 46.3 Å². The molecule has 0 radical (unpaired) electrons. The quantitative estimate of drug-likeness (QED) is 0.373. The number of benzene rings is 1. The standard InChI is InChI=1S/C33H47NO6/c1-19(9-14-29(36)40-4)25-12-13-26-24-11-10-20-17-21(34-30(37)22-7-5-6-8-23(22)31(38)39)15-16-32(20,2)27(24)18-28(35)33(25,26)3/h5-8,19-21,24-28,35H,9-18H2,1-4H3,(H,34,37)(H,38,39)/t19?,20-,21+,24?,25-,26?,27?,28+,32+,33-/m1/s1. The molecule has 0 aliphatic heterocycles. The van der Waals surface area contributed by atoms with Crippen molar-refractivity contribution >= 4 is 17.8 Å². The van der Waals surface area contributed by atoms with E-state index in [0.29, 0.717) is 41.9 Å². The van der Waals surface area contributed by atoms with Crippen molar-refractivity contribution < 1.29 is 29.3 Å². The van der Waals surface area contributed by atoms with Crippen molar-refractivity contribution in [3.8, 4) is 0 Å². The number of carbonyl (C=O) groups excluding carboxylic acids is 2. The topological polar surface area (TPSA) is 113 Å². The number of aromatic carboxylic acids is 1. The molecule has 4 saturated carbocycles. The van der Waals surface area contributed by atoms with E-state index in [1.165, 1.54) is 19.6 Å². The minimum Gasteiger partial charge on any atom is -0.478 e. The molecule has 4 fully saturated rings. The third kappa shape index (κ3) is 4.86. The highest BCUT2D eigenvalue weighted by Crippen LogP contribution is 2.68. The number of hydrogen-bond donors (Lipinski definition) is 3. The number of rotatable bonds is 7. The Morgan fingerprint density at radius 1 is 1.02 bits per heavy atom. The Bertz CT molecular complexity index is 1140. The second-order valence-corrected chi connectivity index (χ2v) is 13.8. The van der Waals surface area contributed by atoms with Crippen LogP contribution in [0.25, 0.3) is 0 Å². The lowest BCUT2D eigenvalue weighted by Crippen LogP contribution is -2.59. The fraction of sp³-hybridized carbons (Fsp3) is 0.727. The summed E-state index contributed by atoms with van der Waals surface area (Å²) in [6, 6.07) is 6.45. The van der Waals surface area contributed by atoms with Crippen LogP contribution in [-0.4, -0.2) is 47.3 Å². The highest BCUT2D eigenvalue weighted by atomic mass is 16.5. The molecule has 1 aromatic carbocycles. The van der Waals surface area contributed by atoms with Crippen LogP contribution < -0.4 is 5.32 Å². The van der Waals surface area contributed by atoms with Gasteiger partial charge in [0, 0.05) is 12.5 Å². The molecule has 0 heterocycles. The molecule has 4 unspecified atom stereocenters. The predicted octanol–water partition coefficient (Wildman–Crippen LogP) is 5.70. The van der Waals surface area contributed by atoms with E-state index in [2.05, 4.69) is 26.1 Å². The first-order valence-corrected chi connectivity index (χ1v) is 15.4. The van der Waals surface area contributed by atoms with Crippen LogP contribution in [0.3, 0.4) is 0 Å². The smallest absolute Gasteiger partial charge is 0.336 e. The average Bonchev–Trinajstić information content (AvgIpc) is 3.31. The third-order valence-electron chi connectivity index (χ3n) is 12.3. The third-order valence-corrected chi connectivity index (χ3v) is 12.3. The number of carbonyl (C=O) groups is 3. The lowest BCUT2D eigenvalue weighted by Gasteiger charge is -2.62. The molecular formula is C33H47NO6. The molecule has 0 aromatic heterocycles. The van der Waals surface area contributed by atoms with E-state index in [9.17, 15) is 24.6 Å². The van der Waals surface area contributed by atoms with Gasteiger partial charge < -0.3 is 20.3 Å². The van der Waals surface area contributed by atoms with Gasteiger partial charge in [-0.1, -0.05) is 32.9 Å². The van der Waals surface area contributed by atoms with Gasteiger partial charge in [0.15, 0.2) is 0 Å². The van der Waals surface area contributed by atoms with Gasteiger partial charge in [0.05, 0.1) is 24.3 Å². The zero-order valence-corrected chi connectivity index (χ0v) is 24.5. The maximum Gasteiger partial charge on any atom is 0.336 e. The van der Waals surface area contributed by atoms with Gasteiger partial charge >= 0.3 is 11.9 Å². The summed E-state index contributed by atoms with van der Waals surface area (Å²) in [4.78, 5) is 36.5. The van der Waals surface area contributed by atoms with E-state index in [1.54, 1.807) is 18.2 Å². The molecule has 4 aliphatic rings. The van der Waals surface area contributed by atoms with Crippen LogP contribution >= 0.6 is 0 Å². The summed E-state index contributed by atoms with van der Waals surface area (Å²) in [6.45, 7) is 7.02. The normalized spacial score (nSPS) is 39.3. The van der Waals surface area contributed by atoms with Crippen molar-refractivity contribution in [2.45, 2.75) is 97.1 Å². The number of methoxy groups -OCH3 is 1. The van der Waals surface area contributed by atoms with Crippen LogP contribution in [-0.2, 0) is 9.53 Å². The number of aliphatic hydroxyl groups excluding tert-OH is 1. The number of carboxylic acids is 1. The van der Waals surface area contributed by atoms with E-state index < -0.39 is 5.97 Å². The van der Waals surface area contributed by atoms with Gasteiger partial charge in [0.1, 0.15) is 0 Å². The first kappa shape index (κ1) is 29.1. The Kier molecular flexibility index (Phi) is 8.08. The molecule has 220 valence electrons. The van der Waals surface area contributed by atoms with Crippen LogP contribution in [0.15, 0.2) is 24.3 Å². The molecule has 1 aromatic rings. The zero-order chi connectivity index (χ0) is 28.8. The molecule has 4 aliphatic carbocycles. The maximum absolute atomic E-state index is 13.1.